The number of hydrogen-bond acceptors (Lipinski definition) is 7. The van der Waals surface area contributed by atoms with E-state index in [-0.39, 0.29) is 28.0 Å². The number of oxazole rings is 1. The third kappa shape index (κ3) is 3.52. The first-order valence-electron chi connectivity index (χ1n) is 7.04. The van der Waals surface area contributed by atoms with Gasteiger partial charge in [-0.1, -0.05) is 0 Å². The van der Waals surface area contributed by atoms with Crippen molar-refractivity contribution in [2.24, 2.45) is 0 Å². The Balaban J connectivity index is 1.83. The number of nitrogens with one attached hydrogen (secondary N) is 2. The number of rotatable bonds is 5. The first-order chi connectivity index (χ1) is 12.3. The maximum Gasteiger partial charge on any atom is 0.373 e. The predicted molar refractivity (Wildman–Crippen MR) is 87.9 cm³/mol. The molecule has 26 heavy (non-hydrogen) atoms. The van der Waals surface area contributed by atoms with E-state index in [1.807, 2.05) is 0 Å². The molecule has 8 nitrogen and oxygen atoms in total. The van der Waals surface area contributed by atoms with E-state index in [4.69, 9.17) is 9.52 Å². The van der Waals surface area contributed by atoms with E-state index in [9.17, 15) is 18.4 Å². The highest BCUT2D eigenvalue weighted by molar-refractivity contribution is 7.10. The molecule has 3 aromatic rings. The van der Waals surface area contributed by atoms with E-state index in [2.05, 4.69) is 20.0 Å². The highest BCUT2D eigenvalue weighted by Crippen LogP contribution is 2.29. The molecule has 0 aliphatic rings. The SMILES string of the molecule is Cc1nsc(Nc2ncc(C(=O)O)o2)c1C(=O)Nc1ccc(F)c(F)c1. The fraction of sp³-hybridized carbons (Fsp3) is 0.0667. The van der Waals surface area contributed by atoms with E-state index >= 15 is 0 Å². The van der Waals surface area contributed by atoms with Crippen LogP contribution in [0.2, 0.25) is 0 Å². The summed E-state index contributed by atoms with van der Waals surface area (Å²) in [6, 6.07) is 2.82. The number of halogens is 2. The summed E-state index contributed by atoms with van der Waals surface area (Å²) in [5, 5.41) is 14.2. The largest absolute Gasteiger partial charge is 0.475 e. The molecule has 0 unspecified atom stereocenters. The van der Waals surface area contributed by atoms with E-state index in [0.717, 1.165) is 29.9 Å². The Kier molecular flexibility index (Phi) is 4.63. The Bertz CT molecular complexity index is 1000. The van der Waals surface area contributed by atoms with E-state index in [1.165, 1.54) is 6.07 Å². The summed E-state index contributed by atoms with van der Waals surface area (Å²) < 4.78 is 35.3. The van der Waals surface area contributed by atoms with Gasteiger partial charge in [0, 0.05) is 11.8 Å². The number of benzene rings is 1. The summed E-state index contributed by atoms with van der Waals surface area (Å²) in [4.78, 5) is 27.0. The minimum atomic E-state index is -1.29. The fourth-order valence-electron chi connectivity index (χ4n) is 2.02. The van der Waals surface area contributed by atoms with Gasteiger partial charge in [-0.15, -0.1) is 0 Å². The number of anilines is 3. The Labute approximate surface area is 148 Å². The van der Waals surface area contributed by atoms with Crippen molar-refractivity contribution in [3.8, 4) is 0 Å². The first-order valence-corrected chi connectivity index (χ1v) is 7.81. The van der Waals surface area contributed by atoms with Crippen LogP contribution in [0.25, 0.3) is 0 Å². The number of aryl methyl sites for hydroxylation is 1. The van der Waals surface area contributed by atoms with Crippen LogP contribution in [0.3, 0.4) is 0 Å². The molecule has 3 N–H and O–H groups in total. The Morgan fingerprint density at radius 3 is 2.69 bits per heavy atom. The predicted octanol–water partition coefficient (Wildman–Crippen LogP) is 3.41. The van der Waals surface area contributed by atoms with Gasteiger partial charge in [0.2, 0.25) is 5.76 Å². The molecule has 2 heterocycles. The van der Waals surface area contributed by atoms with Gasteiger partial charge in [-0.25, -0.2) is 18.6 Å². The van der Waals surface area contributed by atoms with Crippen LogP contribution in [0.15, 0.2) is 28.8 Å². The van der Waals surface area contributed by atoms with Gasteiger partial charge in [-0.05, 0) is 30.6 Å². The van der Waals surface area contributed by atoms with Gasteiger partial charge < -0.3 is 14.8 Å². The molecule has 11 heteroatoms. The quantitative estimate of drug-likeness (QED) is 0.621. The molecular formula is C15H10F2N4O4S. The lowest BCUT2D eigenvalue weighted by molar-refractivity contribution is 0.0663. The van der Waals surface area contributed by atoms with Crippen LogP contribution in [0.4, 0.5) is 25.5 Å². The number of carboxylic acid groups (broad SMARTS) is 1. The van der Waals surface area contributed by atoms with Crippen molar-refractivity contribution in [1.82, 2.24) is 9.36 Å². The van der Waals surface area contributed by atoms with Gasteiger partial charge in [0.15, 0.2) is 11.6 Å². The zero-order valence-electron chi connectivity index (χ0n) is 13.0. The Morgan fingerprint density at radius 2 is 2.04 bits per heavy atom. The van der Waals surface area contributed by atoms with E-state index < -0.39 is 23.5 Å². The molecule has 0 aliphatic carbocycles. The normalized spacial score (nSPS) is 10.6. The van der Waals surface area contributed by atoms with Crippen LogP contribution in [-0.4, -0.2) is 26.3 Å². The lowest BCUT2D eigenvalue weighted by atomic mass is 10.2. The monoisotopic (exact) mass is 380 g/mol. The molecule has 0 bridgehead atoms. The average Bonchev–Trinajstić information content (AvgIpc) is 3.18. The summed E-state index contributed by atoms with van der Waals surface area (Å²) in [5.74, 6) is -4.40. The summed E-state index contributed by atoms with van der Waals surface area (Å²) in [5.41, 5.74) is 0.576. The van der Waals surface area contributed by atoms with Crippen molar-refractivity contribution in [2.45, 2.75) is 6.92 Å². The van der Waals surface area contributed by atoms with Crippen LogP contribution in [0.1, 0.15) is 26.6 Å². The number of carbonyl (C=O) groups excluding carboxylic acids is 1. The third-order valence-electron chi connectivity index (χ3n) is 3.20. The van der Waals surface area contributed by atoms with Crippen molar-refractivity contribution in [1.29, 1.82) is 0 Å². The number of carbonyl (C=O) groups is 2. The number of aromatic carboxylic acids is 1. The van der Waals surface area contributed by atoms with Crippen LogP contribution < -0.4 is 10.6 Å². The molecule has 0 fully saturated rings. The van der Waals surface area contributed by atoms with E-state index in [1.54, 1.807) is 6.92 Å². The maximum atomic E-state index is 13.3. The minimum absolute atomic E-state index is 0.0646. The zero-order valence-corrected chi connectivity index (χ0v) is 13.9. The van der Waals surface area contributed by atoms with Gasteiger partial charge >= 0.3 is 12.0 Å². The molecule has 0 atom stereocenters. The lowest BCUT2D eigenvalue weighted by Crippen LogP contribution is -2.14. The van der Waals surface area contributed by atoms with Gasteiger partial charge in [0.05, 0.1) is 17.5 Å². The molecule has 0 saturated carbocycles. The Hall–Kier alpha value is -3.34. The molecule has 0 radical (unpaired) electrons. The van der Waals surface area contributed by atoms with Gasteiger partial charge in [0.1, 0.15) is 5.00 Å². The molecule has 0 aliphatic heterocycles. The average molecular weight is 380 g/mol. The van der Waals surface area contributed by atoms with Gasteiger partial charge in [-0.2, -0.15) is 4.37 Å². The number of amides is 1. The number of aromatic nitrogens is 2. The minimum Gasteiger partial charge on any atom is -0.475 e. The summed E-state index contributed by atoms with van der Waals surface area (Å²) in [6.45, 7) is 1.58. The van der Waals surface area contributed by atoms with Gasteiger partial charge in [0.25, 0.3) is 5.91 Å². The second-order valence-electron chi connectivity index (χ2n) is 5.01. The maximum absolute atomic E-state index is 13.3. The highest BCUT2D eigenvalue weighted by atomic mass is 32.1. The molecule has 3 rings (SSSR count). The summed E-state index contributed by atoms with van der Waals surface area (Å²) in [6.07, 6.45) is 1.01. The van der Waals surface area contributed by atoms with Crippen molar-refractivity contribution in [3.63, 3.8) is 0 Å². The molecular weight excluding hydrogens is 370 g/mol. The second kappa shape index (κ2) is 6.88. The third-order valence-corrected chi connectivity index (χ3v) is 4.06. The van der Waals surface area contributed by atoms with Crippen LogP contribution in [0, 0.1) is 18.6 Å². The van der Waals surface area contributed by atoms with Gasteiger partial charge in [-0.3, -0.25) is 10.1 Å². The van der Waals surface area contributed by atoms with Crippen molar-refractivity contribution >= 4 is 40.1 Å². The fourth-order valence-corrected chi connectivity index (χ4v) is 2.80. The molecule has 134 valence electrons. The number of nitrogens with zero attached hydrogens (tertiary/aromatic N) is 2. The zero-order chi connectivity index (χ0) is 18.8. The van der Waals surface area contributed by atoms with Crippen molar-refractivity contribution < 1.29 is 27.9 Å². The second-order valence-corrected chi connectivity index (χ2v) is 5.79. The van der Waals surface area contributed by atoms with Crippen LogP contribution in [0.5, 0.6) is 0 Å². The highest BCUT2D eigenvalue weighted by Gasteiger charge is 2.21. The van der Waals surface area contributed by atoms with Crippen molar-refractivity contribution in [2.75, 3.05) is 10.6 Å². The topological polar surface area (TPSA) is 117 Å². The number of hydrogen-bond donors (Lipinski definition) is 3. The summed E-state index contributed by atoms with van der Waals surface area (Å²) >= 11 is 0.930. The number of carboxylic acids is 1. The summed E-state index contributed by atoms with van der Waals surface area (Å²) in [7, 11) is 0. The van der Waals surface area contributed by atoms with Crippen molar-refractivity contribution in [3.05, 3.63) is 53.0 Å². The molecule has 2 aromatic heterocycles. The van der Waals surface area contributed by atoms with Crippen LogP contribution >= 0.6 is 11.5 Å². The smallest absolute Gasteiger partial charge is 0.373 e. The molecule has 1 aromatic carbocycles. The standard InChI is InChI=1S/C15H10F2N4O4S/c1-6-11(12(22)19-7-2-3-8(16)9(17)4-7)13(26-21-6)20-15-18-5-10(25-15)14(23)24/h2-5H,1H3,(H,18,20)(H,19,22)(H,23,24). The molecule has 0 saturated heterocycles. The molecule has 0 spiro atoms. The van der Waals surface area contributed by atoms with Crippen LogP contribution in [-0.2, 0) is 0 Å². The Morgan fingerprint density at radius 1 is 1.27 bits per heavy atom. The molecule has 1 amide bonds. The lowest BCUT2D eigenvalue weighted by Gasteiger charge is -2.07. The van der Waals surface area contributed by atoms with E-state index in [0.29, 0.717) is 5.69 Å². The first kappa shape index (κ1) is 17.5.